The first kappa shape index (κ1) is 23.8. The molecule has 1 aromatic carbocycles. The third-order valence-corrected chi connectivity index (χ3v) is 9.20. The van der Waals surface area contributed by atoms with Gasteiger partial charge in [0.25, 0.3) is 0 Å². The van der Waals surface area contributed by atoms with Crippen LogP contribution in [0.1, 0.15) is 42.6 Å². The number of sulfonamides is 1. The Labute approximate surface area is 210 Å². The summed E-state index contributed by atoms with van der Waals surface area (Å²) < 4.78 is 70.2. The molecule has 2 fully saturated rings. The summed E-state index contributed by atoms with van der Waals surface area (Å²) in [5.41, 5.74) is 1.45. The second kappa shape index (κ2) is 8.75. The van der Waals surface area contributed by atoms with Gasteiger partial charge in [0.2, 0.25) is 10.0 Å². The first-order chi connectivity index (χ1) is 17.7. The van der Waals surface area contributed by atoms with Crippen LogP contribution in [0.5, 0.6) is 0 Å². The molecule has 3 aliphatic rings. The number of rotatable bonds is 3. The summed E-state index contributed by atoms with van der Waals surface area (Å²) in [5.74, 6) is -4.83. The van der Waals surface area contributed by atoms with E-state index in [1.165, 1.54) is 15.4 Å². The minimum Gasteiger partial charge on any atom is -0.313 e. The van der Waals surface area contributed by atoms with Crippen molar-refractivity contribution < 1.29 is 26.4 Å². The van der Waals surface area contributed by atoms with Gasteiger partial charge >= 0.3 is 6.03 Å². The Morgan fingerprint density at radius 3 is 2.57 bits per heavy atom. The van der Waals surface area contributed by atoms with Crippen LogP contribution in [-0.4, -0.2) is 52.5 Å². The third-order valence-electron chi connectivity index (χ3n) is 7.36. The number of aromatic nitrogens is 3. The van der Waals surface area contributed by atoms with Gasteiger partial charge in [-0.05, 0) is 31.4 Å². The highest BCUT2D eigenvalue weighted by molar-refractivity contribution is 7.93. The van der Waals surface area contributed by atoms with Gasteiger partial charge in [-0.2, -0.15) is 5.10 Å². The number of hydrogen-bond acceptors (Lipinski definition) is 5. The smallest absolute Gasteiger partial charge is 0.313 e. The fourth-order valence-corrected chi connectivity index (χ4v) is 7.50. The largest absolute Gasteiger partial charge is 0.322 e. The van der Waals surface area contributed by atoms with Crippen molar-refractivity contribution in [2.75, 3.05) is 21.9 Å². The average Bonchev–Trinajstić information content (AvgIpc) is 3.58. The predicted octanol–water partition coefficient (Wildman–Crippen LogP) is 3.77. The van der Waals surface area contributed by atoms with E-state index >= 15 is 0 Å². The van der Waals surface area contributed by atoms with Crippen molar-refractivity contribution in [2.45, 2.75) is 43.8 Å². The number of fused-ring (bicyclic) bond motifs is 3. The number of pyridine rings is 1. The summed E-state index contributed by atoms with van der Waals surface area (Å²) in [6, 6.07) is 5.81. The molecule has 194 valence electrons. The van der Waals surface area contributed by atoms with E-state index in [9.17, 15) is 26.4 Å². The first-order valence-electron chi connectivity index (χ1n) is 11.9. The molecule has 0 spiro atoms. The molecule has 13 heteroatoms. The van der Waals surface area contributed by atoms with Crippen LogP contribution in [0.2, 0.25) is 0 Å². The van der Waals surface area contributed by atoms with Gasteiger partial charge < -0.3 is 10.2 Å². The molecule has 3 aromatic rings. The SMILES string of the molecule is O=C(Nc1cc(F)c(F)c(F)c1)N1Cc2c(N3CC(c4ccccn4)CS3(=O)=O)cnn2[C@@H]2CCC[C@@H]21. The fraction of sp³-hybridized carbons (Fsp3) is 0.375. The second-order valence-electron chi connectivity index (χ2n) is 9.56. The molecule has 9 nitrogen and oxygen atoms in total. The van der Waals surface area contributed by atoms with E-state index in [0.717, 1.165) is 25.0 Å². The van der Waals surface area contributed by atoms with Crippen LogP contribution in [-0.2, 0) is 16.6 Å². The van der Waals surface area contributed by atoms with E-state index in [2.05, 4.69) is 15.4 Å². The molecule has 4 heterocycles. The van der Waals surface area contributed by atoms with E-state index in [4.69, 9.17) is 0 Å². The monoisotopic (exact) mass is 532 g/mol. The van der Waals surface area contributed by atoms with Crippen LogP contribution in [0.4, 0.5) is 29.3 Å². The van der Waals surface area contributed by atoms with Crippen LogP contribution in [0.15, 0.2) is 42.7 Å². The van der Waals surface area contributed by atoms with Crippen LogP contribution in [0.25, 0.3) is 0 Å². The minimum atomic E-state index is -3.66. The van der Waals surface area contributed by atoms with Crippen molar-refractivity contribution in [2.24, 2.45) is 0 Å². The van der Waals surface area contributed by atoms with Gasteiger partial charge in [-0.3, -0.25) is 14.0 Å². The van der Waals surface area contributed by atoms with Gasteiger partial charge in [-0.15, -0.1) is 0 Å². The third kappa shape index (κ3) is 4.01. The second-order valence-corrected chi connectivity index (χ2v) is 11.5. The lowest BCUT2D eigenvalue weighted by Crippen LogP contribution is -2.49. The van der Waals surface area contributed by atoms with Crippen LogP contribution < -0.4 is 9.62 Å². The average molecular weight is 533 g/mol. The molecule has 0 radical (unpaired) electrons. The standard InChI is InChI=1S/C24H23F3N6O3S/c25-16-8-15(9-17(26)23(16)27)30-24(34)31-12-22-21(10-29-33(22)20-6-3-5-19(20)31)32-11-14(13-37(32,35)36)18-4-1-2-7-28-18/h1-2,4,7-10,14,19-20H,3,5-6,11-13H2,(H,30,34)/t14?,19-,20+/m0/s1. The topological polar surface area (TPSA) is 100 Å². The zero-order chi connectivity index (χ0) is 25.9. The highest BCUT2D eigenvalue weighted by Gasteiger charge is 2.45. The van der Waals surface area contributed by atoms with Crippen molar-refractivity contribution in [3.8, 4) is 0 Å². The molecule has 37 heavy (non-hydrogen) atoms. The van der Waals surface area contributed by atoms with E-state index in [0.29, 0.717) is 23.5 Å². The summed E-state index contributed by atoms with van der Waals surface area (Å²) in [4.78, 5) is 19.1. The lowest BCUT2D eigenvalue weighted by Gasteiger charge is -2.39. The molecule has 2 aromatic heterocycles. The number of hydrogen-bond donors (Lipinski definition) is 1. The van der Waals surface area contributed by atoms with Crippen LogP contribution >= 0.6 is 0 Å². The normalized spacial score (nSPS) is 24.1. The summed E-state index contributed by atoms with van der Waals surface area (Å²) in [6.07, 6.45) is 5.42. The van der Waals surface area contributed by atoms with Gasteiger partial charge in [0.1, 0.15) is 0 Å². The molecule has 1 saturated heterocycles. The Balaban J connectivity index is 1.31. The van der Waals surface area contributed by atoms with Gasteiger partial charge in [0, 0.05) is 42.2 Å². The summed E-state index contributed by atoms with van der Waals surface area (Å²) in [5, 5.41) is 6.97. The molecular formula is C24H23F3N6O3S. The molecule has 2 aliphatic heterocycles. The van der Waals surface area contributed by atoms with E-state index < -0.39 is 33.5 Å². The van der Waals surface area contributed by atoms with Crippen molar-refractivity contribution in [3.05, 3.63) is 71.6 Å². The number of carbonyl (C=O) groups excluding carboxylic acids is 1. The number of anilines is 2. The molecule has 1 saturated carbocycles. The van der Waals surface area contributed by atoms with E-state index in [1.54, 1.807) is 23.0 Å². The number of benzene rings is 1. The maximum absolute atomic E-state index is 13.7. The van der Waals surface area contributed by atoms with Crippen LogP contribution in [0.3, 0.4) is 0 Å². The Hall–Kier alpha value is -3.61. The number of carbonyl (C=O) groups is 1. The number of nitrogens with one attached hydrogen (secondary N) is 1. The van der Waals surface area contributed by atoms with Gasteiger partial charge in [-0.1, -0.05) is 6.07 Å². The molecule has 1 N–H and O–H groups in total. The quantitative estimate of drug-likeness (QED) is 0.518. The van der Waals surface area contributed by atoms with E-state index in [-0.39, 0.29) is 42.5 Å². The Morgan fingerprint density at radius 2 is 1.84 bits per heavy atom. The van der Waals surface area contributed by atoms with Crippen molar-refractivity contribution in [1.82, 2.24) is 19.7 Å². The van der Waals surface area contributed by atoms with Gasteiger partial charge in [0.15, 0.2) is 17.5 Å². The molecule has 0 bridgehead atoms. The lowest BCUT2D eigenvalue weighted by atomic mass is 10.1. The molecule has 3 atom stereocenters. The van der Waals surface area contributed by atoms with Crippen LogP contribution in [0, 0.1) is 17.5 Å². The predicted molar refractivity (Wildman–Crippen MR) is 128 cm³/mol. The van der Waals surface area contributed by atoms with E-state index in [1.807, 2.05) is 6.07 Å². The minimum absolute atomic E-state index is 0.0504. The summed E-state index contributed by atoms with van der Waals surface area (Å²) >= 11 is 0. The number of amides is 2. The Morgan fingerprint density at radius 1 is 1.08 bits per heavy atom. The zero-order valence-electron chi connectivity index (χ0n) is 19.5. The molecule has 6 rings (SSSR count). The lowest BCUT2D eigenvalue weighted by molar-refractivity contribution is 0.139. The molecule has 2 amide bonds. The summed E-state index contributed by atoms with van der Waals surface area (Å²) in [7, 11) is -3.66. The Kier molecular flexibility index (Phi) is 5.62. The zero-order valence-corrected chi connectivity index (χ0v) is 20.3. The van der Waals surface area contributed by atoms with Gasteiger partial charge in [-0.25, -0.2) is 26.4 Å². The fourth-order valence-electron chi connectivity index (χ4n) is 5.67. The number of nitrogens with zero attached hydrogens (tertiary/aromatic N) is 5. The van der Waals surface area contributed by atoms with Crippen molar-refractivity contribution >= 4 is 27.4 Å². The molecule has 1 aliphatic carbocycles. The maximum Gasteiger partial charge on any atom is 0.322 e. The summed E-state index contributed by atoms with van der Waals surface area (Å²) in [6.45, 7) is 0.251. The van der Waals surface area contributed by atoms with Gasteiger partial charge in [0.05, 0.1) is 42.0 Å². The number of urea groups is 1. The number of halogens is 3. The highest BCUT2D eigenvalue weighted by Crippen LogP contribution is 2.43. The maximum atomic E-state index is 13.7. The first-order valence-corrected chi connectivity index (χ1v) is 13.5. The molecule has 1 unspecified atom stereocenters. The molecular weight excluding hydrogens is 509 g/mol. The Bertz CT molecular complexity index is 1460. The highest BCUT2D eigenvalue weighted by atomic mass is 32.2. The van der Waals surface area contributed by atoms with Crippen molar-refractivity contribution in [3.63, 3.8) is 0 Å². The van der Waals surface area contributed by atoms with Crippen molar-refractivity contribution in [1.29, 1.82) is 0 Å².